The van der Waals surface area contributed by atoms with E-state index >= 15 is 0 Å². The fourth-order valence-electron chi connectivity index (χ4n) is 3.98. The number of rotatable bonds is 9. The summed E-state index contributed by atoms with van der Waals surface area (Å²) in [7, 11) is -7.93. The molecule has 2 N–H and O–H groups in total. The number of sulfonamides is 2. The molecule has 40 heavy (non-hydrogen) atoms. The van der Waals surface area contributed by atoms with Crippen LogP contribution in [0.1, 0.15) is 16.7 Å². The number of benzene rings is 4. The van der Waals surface area contributed by atoms with Crippen LogP contribution in [0.4, 0.5) is 17.1 Å². The highest BCUT2D eigenvalue weighted by molar-refractivity contribution is 9.10. The molecule has 0 atom stereocenters. The van der Waals surface area contributed by atoms with Crippen LogP contribution in [0.15, 0.2) is 105 Å². The number of hydrogen-bond acceptors (Lipinski definition) is 5. The van der Waals surface area contributed by atoms with Gasteiger partial charge < -0.3 is 5.32 Å². The van der Waals surface area contributed by atoms with Gasteiger partial charge in [0, 0.05) is 10.2 Å². The first-order valence-corrected chi connectivity index (χ1v) is 15.9. The lowest BCUT2D eigenvalue weighted by molar-refractivity contribution is -0.114. The van der Waals surface area contributed by atoms with E-state index in [9.17, 15) is 21.6 Å². The second-order valence-electron chi connectivity index (χ2n) is 9.25. The van der Waals surface area contributed by atoms with Crippen molar-refractivity contribution in [2.45, 2.75) is 30.6 Å². The maximum absolute atomic E-state index is 13.5. The number of nitrogens with one attached hydrogen (secondary N) is 2. The van der Waals surface area contributed by atoms with Crippen molar-refractivity contribution in [2.75, 3.05) is 20.9 Å². The van der Waals surface area contributed by atoms with Gasteiger partial charge in [0.25, 0.3) is 20.0 Å². The molecule has 0 aromatic heterocycles. The van der Waals surface area contributed by atoms with Crippen LogP contribution >= 0.6 is 15.9 Å². The van der Waals surface area contributed by atoms with Gasteiger partial charge in [0.1, 0.15) is 6.54 Å². The zero-order valence-corrected chi connectivity index (χ0v) is 25.3. The van der Waals surface area contributed by atoms with E-state index in [0.29, 0.717) is 17.1 Å². The van der Waals surface area contributed by atoms with Gasteiger partial charge in [-0.25, -0.2) is 16.8 Å². The SMILES string of the molecule is Cc1ccc(S(=O)(=O)N(CC(=O)Nc2ccc(S(=O)(=O)Nc3c(C)cccc3C)cc2)c2ccc(Br)cc2)cc1. The van der Waals surface area contributed by atoms with Crippen LogP contribution in [0.25, 0.3) is 0 Å². The average Bonchev–Trinajstić information content (AvgIpc) is 2.91. The topological polar surface area (TPSA) is 113 Å². The number of carbonyl (C=O) groups excluding carboxylic acids is 1. The van der Waals surface area contributed by atoms with Crippen LogP contribution in [0.3, 0.4) is 0 Å². The average molecular weight is 643 g/mol. The van der Waals surface area contributed by atoms with Crippen LogP contribution < -0.4 is 14.3 Å². The largest absolute Gasteiger partial charge is 0.325 e. The molecule has 4 aromatic carbocycles. The summed E-state index contributed by atoms with van der Waals surface area (Å²) in [4.78, 5) is 13.1. The molecular formula is C29H28BrN3O5S2. The summed E-state index contributed by atoms with van der Waals surface area (Å²) in [5.74, 6) is -0.595. The molecule has 1 amide bonds. The van der Waals surface area contributed by atoms with Crippen LogP contribution in [0, 0.1) is 20.8 Å². The Labute approximate surface area is 243 Å². The monoisotopic (exact) mass is 641 g/mol. The Hall–Kier alpha value is -3.67. The Kier molecular flexibility index (Phi) is 8.67. The molecule has 208 valence electrons. The molecular weight excluding hydrogens is 614 g/mol. The van der Waals surface area contributed by atoms with Crippen molar-refractivity contribution >= 4 is 58.9 Å². The van der Waals surface area contributed by atoms with Crippen molar-refractivity contribution in [3.05, 3.63) is 112 Å². The first-order chi connectivity index (χ1) is 18.9. The molecule has 11 heteroatoms. The third kappa shape index (κ3) is 6.72. The molecule has 0 saturated carbocycles. The predicted octanol–water partition coefficient (Wildman–Crippen LogP) is 6.01. The number of para-hydroxylation sites is 1. The molecule has 0 aliphatic rings. The summed E-state index contributed by atoms with van der Waals surface area (Å²) in [5.41, 5.74) is 3.65. The van der Waals surface area contributed by atoms with Crippen LogP contribution in [0.2, 0.25) is 0 Å². The molecule has 0 aliphatic carbocycles. The number of nitrogens with zero attached hydrogens (tertiary/aromatic N) is 1. The van der Waals surface area contributed by atoms with Crippen molar-refractivity contribution < 1.29 is 21.6 Å². The molecule has 0 unspecified atom stereocenters. The summed E-state index contributed by atoms with van der Waals surface area (Å²) in [6, 6.07) is 24.1. The lowest BCUT2D eigenvalue weighted by atomic mass is 10.1. The number of aryl methyl sites for hydroxylation is 3. The van der Waals surface area contributed by atoms with Crippen molar-refractivity contribution in [1.82, 2.24) is 0 Å². The minimum atomic E-state index is -4.06. The van der Waals surface area contributed by atoms with E-state index in [1.807, 2.05) is 39.0 Å². The summed E-state index contributed by atoms with van der Waals surface area (Å²) in [6.07, 6.45) is 0. The second-order valence-corrected chi connectivity index (χ2v) is 13.7. The van der Waals surface area contributed by atoms with Gasteiger partial charge in [-0.15, -0.1) is 0 Å². The Balaban J connectivity index is 1.54. The summed E-state index contributed by atoms with van der Waals surface area (Å²) < 4.78 is 57.4. The van der Waals surface area contributed by atoms with Crippen molar-refractivity contribution in [2.24, 2.45) is 0 Å². The minimum absolute atomic E-state index is 0.0200. The Morgan fingerprint density at radius 3 is 1.88 bits per heavy atom. The van der Waals surface area contributed by atoms with Crippen molar-refractivity contribution in [1.29, 1.82) is 0 Å². The number of anilines is 3. The van der Waals surface area contributed by atoms with Gasteiger partial charge in [0.05, 0.1) is 21.2 Å². The fourth-order valence-corrected chi connectivity index (χ4v) is 6.87. The van der Waals surface area contributed by atoms with Gasteiger partial charge in [0.2, 0.25) is 5.91 Å². The van der Waals surface area contributed by atoms with Crippen LogP contribution in [-0.4, -0.2) is 29.3 Å². The first-order valence-electron chi connectivity index (χ1n) is 12.2. The number of hydrogen-bond donors (Lipinski definition) is 2. The Bertz CT molecular complexity index is 1720. The van der Waals surface area contributed by atoms with Gasteiger partial charge in [-0.3, -0.25) is 13.8 Å². The third-order valence-electron chi connectivity index (χ3n) is 6.18. The zero-order valence-electron chi connectivity index (χ0n) is 22.1. The number of amides is 1. The highest BCUT2D eigenvalue weighted by Gasteiger charge is 2.27. The van der Waals surface area contributed by atoms with E-state index < -0.39 is 32.5 Å². The van der Waals surface area contributed by atoms with Crippen molar-refractivity contribution in [3.63, 3.8) is 0 Å². The standard InChI is InChI=1S/C29H28BrN3O5S2/c1-20-7-15-27(16-8-20)40(37,38)33(25-13-9-23(30)10-14-25)19-28(34)31-24-11-17-26(18-12-24)39(35,36)32-29-21(2)5-4-6-22(29)3/h4-18,32H,19H2,1-3H3,(H,31,34). The van der Waals surface area contributed by atoms with Crippen LogP contribution in [0.5, 0.6) is 0 Å². The zero-order chi connectivity index (χ0) is 29.1. The van der Waals surface area contributed by atoms with Gasteiger partial charge in [-0.2, -0.15) is 0 Å². The molecule has 4 aromatic rings. The molecule has 0 spiro atoms. The van der Waals surface area contributed by atoms with E-state index in [1.54, 1.807) is 36.4 Å². The molecule has 0 bridgehead atoms. The molecule has 4 rings (SSSR count). The van der Waals surface area contributed by atoms with Gasteiger partial charge in [0.15, 0.2) is 0 Å². The van der Waals surface area contributed by atoms with Gasteiger partial charge >= 0.3 is 0 Å². The van der Waals surface area contributed by atoms with E-state index in [1.165, 1.54) is 36.4 Å². The number of carbonyl (C=O) groups is 1. The van der Waals surface area contributed by atoms with Gasteiger partial charge in [-0.1, -0.05) is 51.8 Å². The molecule has 0 fully saturated rings. The Morgan fingerprint density at radius 1 is 0.750 bits per heavy atom. The third-order valence-corrected chi connectivity index (χ3v) is 9.86. The smallest absolute Gasteiger partial charge is 0.264 e. The molecule has 0 radical (unpaired) electrons. The minimum Gasteiger partial charge on any atom is -0.325 e. The van der Waals surface area contributed by atoms with Crippen molar-refractivity contribution in [3.8, 4) is 0 Å². The Morgan fingerprint density at radius 2 is 1.30 bits per heavy atom. The summed E-state index contributed by atoms with van der Waals surface area (Å²) in [5, 5.41) is 2.66. The van der Waals surface area contributed by atoms with E-state index in [0.717, 1.165) is 25.5 Å². The van der Waals surface area contributed by atoms with E-state index in [2.05, 4.69) is 26.0 Å². The first kappa shape index (κ1) is 29.3. The van der Waals surface area contributed by atoms with E-state index in [4.69, 9.17) is 0 Å². The second kappa shape index (κ2) is 11.8. The summed E-state index contributed by atoms with van der Waals surface area (Å²) >= 11 is 3.34. The normalized spacial score (nSPS) is 11.6. The maximum Gasteiger partial charge on any atom is 0.264 e. The predicted molar refractivity (Wildman–Crippen MR) is 162 cm³/mol. The van der Waals surface area contributed by atoms with Gasteiger partial charge in [-0.05, 0) is 92.6 Å². The number of halogens is 1. The highest BCUT2D eigenvalue weighted by Crippen LogP contribution is 2.27. The quantitative estimate of drug-likeness (QED) is 0.232. The lowest BCUT2D eigenvalue weighted by Gasteiger charge is -2.24. The molecule has 0 saturated heterocycles. The highest BCUT2D eigenvalue weighted by atomic mass is 79.9. The maximum atomic E-state index is 13.5. The van der Waals surface area contributed by atoms with Crippen LogP contribution in [-0.2, 0) is 24.8 Å². The fraction of sp³-hybridized carbons (Fsp3) is 0.138. The molecule has 0 aliphatic heterocycles. The summed E-state index contributed by atoms with van der Waals surface area (Å²) in [6.45, 7) is 5.00. The lowest BCUT2D eigenvalue weighted by Crippen LogP contribution is -2.38. The van der Waals surface area contributed by atoms with E-state index in [-0.39, 0.29) is 9.79 Å². The molecule has 8 nitrogen and oxygen atoms in total. The molecule has 0 heterocycles.